The number of hydrogen-bond donors (Lipinski definition) is 0. The summed E-state index contributed by atoms with van der Waals surface area (Å²) in [4.78, 5) is 31.1. The number of rotatable bonds is 4. The average molecular weight is 219 g/mol. The molecule has 0 saturated carbocycles. The predicted octanol–water partition coefficient (Wildman–Crippen LogP) is -9.66. The Morgan fingerprint density at radius 1 is 1.00 bits per heavy atom. The minimum atomic E-state index is -1.51. The minimum Gasteiger partial charge on any atom is -0.548 e. The van der Waals surface area contributed by atoms with Crippen LogP contribution >= 0.6 is 0 Å². The topological polar surface area (TPSA) is 101 Å². The molecule has 0 spiro atoms. The summed E-state index contributed by atoms with van der Waals surface area (Å²) in [7, 11) is 0. The van der Waals surface area contributed by atoms with Crippen LogP contribution in [0.25, 0.3) is 0 Å². The maximum atomic E-state index is 10.6. The van der Waals surface area contributed by atoms with Gasteiger partial charge in [-0.25, -0.2) is 0 Å². The van der Waals surface area contributed by atoms with Crippen molar-refractivity contribution in [3.05, 3.63) is 0 Å². The van der Waals surface area contributed by atoms with Crippen LogP contribution in [0.15, 0.2) is 0 Å². The standard InChI is InChI=1S/C6H9NO5.2Na/c1-4(8)7(2-5(9)10)3-6(11)12;;/h2-3H2,1H3,(H,9,10)(H,11,12);;/q;2*+1/p-2. The normalized spacial score (nSPS) is 7.79. The quantitative estimate of drug-likeness (QED) is 0.437. The molecule has 0 saturated heterocycles. The minimum absolute atomic E-state index is 0. The van der Waals surface area contributed by atoms with E-state index in [-0.39, 0.29) is 59.1 Å². The molecule has 0 aliphatic carbocycles. The molecule has 0 heterocycles. The van der Waals surface area contributed by atoms with E-state index < -0.39 is 30.9 Å². The van der Waals surface area contributed by atoms with Gasteiger partial charge in [-0.15, -0.1) is 0 Å². The average Bonchev–Trinajstić information content (AvgIpc) is 1.83. The zero-order valence-electron chi connectivity index (χ0n) is 8.40. The number of carbonyl (C=O) groups excluding carboxylic acids is 3. The fraction of sp³-hybridized carbons (Fsp3) is 0.500. The first-order valence-electron chi connectivity index (χ1n) is 3.08. The molecule has 0 rings (SSSR count). The first-order valence-corrected chi connectivity index (χ1v) is 3.08. The fourth-order valence-electron chi connectivity index (χ4n) is 0.590. The molecule has 0 aromatic carbocycles. The van der Waals surface area contributed by atoms with Crippen molar-refractivity contribution in [2.45, 2.75) is 6.92 Å². The summed E-state index contributed by atoms with van der Waals surface area (Å²) in [5.41, 5.74) is 0. The van der Waals surface area contributed by atoms with Crippen molar-refractivity contribution in [1.29, 1.82) is 0 Å². The Labute approximate surface area is 125 Å². The molecule has 68 valence electrons. The van der Waals surface area contributed by atoms with Gasteiger partial charge in [0.25, 0.3) is 0 Å². The smallest absolute Gasteiger partial charge is 0.548 e. The second kappa shape index (κ2) is 9.95. The van der Waals surface area contributed by atoms with Crippen molar-refractivity contribution >= 4 is 17.8 Å². The maximum Gasteiger partial charge on any atom is 1.00 e. The van der Waals surface area contributed by atoms with Crippen LogP contribution < -0.4 is 69.3 Å². The van der Waals surface area contributed by atoms with Gasteiger partial charge in [-0.3, -0.25) is 4.79 Å². The van der Waals surface area contributed by atoms with Crippen molar-refractivity contribution in [3.8, 4) is 0 Å². The van der Waals surface area contributed by atoms with E-state index in [9.17, 15) is 24.6 Å². The molecule has 0 aromatic heterocycles. The molecule has 14 heavy (non-hydrogen) atoms. The van der Waals surface area contributed by atoms with Crippen LogP contribution in [-0.4, -0.2) is 35.8 Å². The molecule has 1 amide bonds. The number of amides is 1. The van der Waals surface area contributed by atoms with E-state index in [0.717, 1.165) is 6.92 Å². The van der Waals surface area contributed by atoms with E-state index in [1.165, 1.54) is 0 Å². The summed E-state index contributed by atoms with van der Waals surface area (Å²) < 4.78 is 0. The van der Waals surface area contributed by atoms with Crippen molar-refractivity contribution in [3.63, 3.8) is 0 Å². The van der Waals surface area contributed by atoms with Gasteiger partial charge in [0, 0.05) is 6.92 Å². The number of carbonyl (C=O) groups is 3. The third-order valence-corrected chi connectivity index (χ3v) is 1.09. The molecule has 8 heteroatoms. The van der Waals surface area contributed by atoms with Crippen LogP contribution in [0.1, 0.15) is 6.92 Å². The van der Waals surface area contributed by atoms with Gasteiger partial charge in [0.1, 0.15) is 0 Å². The van der Waals surface area contributed by atoms with Crippen LogP contribution in [0.5, 0.6) is 0 Å². The predicted molar refractivity (Wildman–Crippen MR) is 32.3 cm³/mol. The molecule has 0 atom stereocenters. The number of nitrogens with zero attached hydrogens (tertiary/aromatic N) is 1. The van der Waals surface area contributed by atoms with Gasteiger partial charge < -0.3 is 24.7 Å². The molecule has 0 radical (unpaired) electrons. The number of carboxylic acids is 2. The van der Waals surface area contributed by atoms with Gasteiger partial charge in [0.15, 0.2) is 0 Å². The van der Waals surface area contributed by atoms with Crippen LogP contribution in [0, 0.1) is 0 Å². The van der Waals surface area contributed by atoms with Crippen LogP contribution in [0.2, 0.25) is 0 Å². The number of carboxylic acid groups (broad SMARTS) is 2. The Bertz CT molecular complexity index is 204. The molecule has 0 fully saturated rings. The van der Waals surface area contributed by atoms with Crippen molar-refractivity contribution in [2.24, 2.45) is 0 Å². The van der Waals surface area contributed by atoms with E-state index >= 15 is 0 Å². The van der Waals surface area contributed by atoms with Gasteiger partial charge in [-0.05, 0) is 0 Å². The first-order chi connectivity index (χ1) is 5.43. The zero-order chi connectivity index (χ0) is 9.72. The van der Waals surface area contributed by atoms with Gasteiger partial charge in [-0.1, -0.05) is 0 Å². The summed E-state index contributed by atoms with van der Waals surface area (Å²) in [6.07, 6.45) is 0. The molecular formula is C6H7NNa2O5. The van der Waals surface area contributed by atoms with Gasteiger partial charge in [0.05, 0.1) is 25.0 Å². The van der Waals surface area contributed by atoms with Crippen LogP contribution in [0.4, 0.5) is 0 Å². The Hall–Kier alpha value is 0.410. The largest absolute Gasteiger partial charge is 1.00 e. The van der Waals surface area contributed by atoms with Crippen LogP contribution in [-0.2, 0) is 14.4 Å². The molecule has 0 N–H and O–H groups in total. The molecule has 0 unspecified atom stereocenters. The molecule has 0 aliphatic rings. The van der Waals surface area contributed by atoms with E-state index in [2.05, 4.69) is 0 Å². The van der Waals surface area contributed by atoms with Gasteiger partial charge >= 0.3 is 59.1 Å². The van der Waals surface area contributed by atoms with Crippen molar-refractivity contribution in [2.75, 3.05) is 13.1 Å². The van der Waals surface area contributed by atoms with Crippen molar-refractivity contribution < 1.29 is 83.7 Å². The zero-order valence-corrected chi connectivity index (χ0v) is 12.4. The van der Waals surface area contributed by atoms with E-state index in [1.807, 2.05) is 0 Å². The first kappa shape index (κ1) is 19.9. The number of hydrogen-bond acceptors (Lipinski definition) is 5. The Morgan fingerprint density at radius 3 is 1.43 bits per heavy atom. The summed E-state index contributed by atoms with van der Waals surface area (Å²) in [5, 5.41) is 20.0. The molecule has 0 aromatic rings. The number of aliphatic carboxylic acids is 2. The van der Waals surface area contributed by atoms with Gasteiger partial charge in [-0.2, -0.15) is 0 Å². The summed E-state index contributed by atoms with van der Waals surface area (Å²) in [6, 6.07) is 0. The van der Waals surface area contributed by atoms with E-state index in [0.29, 0.717) is 4.90 Å². The summed E-state index contributed by atoms with van der Waals surface area (Å²) >= 11 is 0. The van der Waals surface area contributed by atoms with E-state index in [4.69, 9.17) is 0 Å². The third-order valence-electron chi connectivity index (χ3n) is 1.09. The van der Waals surface area contributed by atoms with Crippen LogP contribution in [0.3, 0.4) is 0 Å². The molecule has 0 bridgehead atoms. The SMILES string of the molecule is CC(=O)N(CC(=O)[O-])CC(=O)[O-].[Na+].[Na+]. The second-order valence-electron chi connectivity index (χ2n) is 2.12. The summed E-state index contributed by atoms with van der Waals surface area (Å²) in [6.45, 7) is -0.404. The Balaban J connectivity index is -0.000000605. The monoisotopic (exact) mass is 219 g/mol. The third kappa shape index (κ3) is 10.5. The molecule has 6 nitrogen and oxygen atoms in total. The molecule has 0 aliphatic heterocycles. The Kier molecular flexibility index (Phi) is 14.1. The molecular weight excluding hydrogens is 212 g/mol. The maximum absolute atomic E-state index is 10.6. The van der Waals surface area contributed by atoms with Crippen molar-refractivity contribution in [1.82, 2.24) is 4.90 Å². The summed E-state index contributed by atoms with van der Waals surface area (Å²) in [5.74, 6) is -3.67. The second-order valence-corrected chi connectivity index (χ2v) is 2.12. The van der Waals surface area contributed by atoms with E-state index in [1.54, 1.807) is 0 Å². The van der Waals surface area contributed by atoms with Gasteiger partial charge in [0.2, 0.25) is 5.91 Å². The Morgan fingerprint density at radius 2 is 1.29 bits per heavy atom. The fourth-order valence-corrected chi connectivity index (χ4v) is 0.590.